The summed E-state index contributed by atoms with van der Waals surface area (Å²) in [5, 5.41) is 0. The zero-order valence-corrected chi connectivity index (χ0v) is 18.0. The second-order valence-corrected chi connectivity index (χ2v) is 7.65. The summed E-state index contributed by atoms with van der Waals surface area (Å²) in [4.78, 5) is 18.9. The first-order valence-corrected chi connectivity index (χ1v) is 9.80. The Balaban J connectivity index is 1.87. The second kappa shape index (κ2) is 9.46. The summed E-state index contributed by atoms with van der Waals surface area (Å²) in [5.41, 5.74) is 1.18. The lowest BCUT2D eigenvalue weighted by Gasteiger charge is -2.28. The van der Waals surface area contributed by atoms with Crippen molar-refractivity contribution < 1.29 is 31.8 Å². The monoisotopic (exact) mass is 453 g/mol. The van der Waals surface area contributed by atoms with Crippen LogP contribution >= 0.6 is 0 Å². The molecule has 32 heavy (non-hydrogen) atoms. The van der Waals surface area contributed by atoms with Crippen LogP contribution in [0, 0.1) is 17.6 Å². The van der Waals surface area contributed by atoms with Crippen molar-refractivity contribution in [3.05, 3.63) is 53.9 Å². The molecule has 0 spiro atoms. The van der Waals surface area contributed by atoms with E-state index < -0.39 is 24.3 Å². The molecule has 3 aromatic rings. The maximum absolute atomic E-state index is 13.8. The summed E-state index contributed by atoms with van der Waals surface area (Å²) in [7, 11) is 2.92. The number of hydrogen-bond donors (Lipinski definition) is 0. The minimum Gasteiger partial charge on any atom is -0.493 e. The highest BCUT2D eigenvalue weighted by Crippen LogP contribution is 2.31. The Bertz CT molecular complexity index is 1120. The SMILES string of the molecule is COc1cc(CN(C)C(=O)C(C(C)C)n2cnc3cc(F)c(F)cc32)ccc1OC(F)F. The molecule has 0 N–H and O–H groups in total. The molecule has 3 rings (SSSR count). The van der Waals surface area contributed by atoms with Crippen molar-refractivity contribution in [2.45, 2.75) is 33.0 Å². The number of hydrogen-bond acceptors (Lipinski definition) is 4. The number of aromatic nitrogens is 2. The van der Waals surface area contributed by atoms with Crippen LogP contribution in [0.25, 0.3) is 11.0 Å². The zero-order valence-electron chi connectivity index (χ0n) is 18.0. The molecule has 1 unspecified atom stereocenters. The average molecular weight is 453 g/mol. The predicted molar refractivity (Wildman–Crippen MR) is 110 cm³/mol. The lowest BCUT2D eigenvalue weighted by Crippen LogP contribution is -2.36. The van der Waals surface area contributed by atoms with Gasteiger partial charge in [0.05, 0.1) is 24.5 Å². The van der Waals surface area contributed by atoms with E-state index in [2.05, 4.69) is 9.72 Å². The molecule has 0 aliphatic rings. The number of benzene rings is 2. The lowest BCUT2D eigenvalue weighted by molar-refractivity contribution is -0.135. The number of halogens is 4. The van der Waals surface area contributed by atoms with E-state index in [1.165, 1.54) is 35.0 Å². The summed E-state index contributed by atoms with van der Waals surface area (Å²) >= 11 is 0. The van der Waals surface area contributed by atoms with Gasteiger partial charge in [-0.1, -0.05) is 19.9 Å². The van der Waals surface area contributed by atoms with E-state index in [0.717, 1.165) is 12.1 Å². The van der Waals surface area contributed by atoms with E-state index in [1.807, 2.05) is 13.8 Å². The maximum atomic E-state index is 13.8. The van der Waals surface area contributed by atoms with Crippen molar-refractivity contribution in [2.24, 2.45) is 5.92 Å². The van der Waals surface area contributed by atoms with Crippen LogP contribution < -0.4 is 9.47 Å². The molecule has 10 heteroatoms. The minimum atomic E-state index is -2.99. The molecule has 0 saturated heterocycles. The lowest BCUT2D eigenvalue weighted by atomic mass is 10.0. The normalized spacial score (nSPS) is 12.4. The molecule has 1 amide bonds. The number of methoxy groups -OCH3 is 1. The zero-order chi connectivity index (χ0) is 23.6. The van der Waals surface area contributed by atoms with Crippen LogP contribution in [0.4, 0.5) is 17.6 Å². The first-order valence-electron chi connectivity index (χ1n) is 9.80. The molecule has 1 heterocycles. The van der Waals surface area contributed by atoms with E-state index in [1.54, 1.807) is 13.1 Å². The molecule has 0 radical (unpaired) electrons. The van der Waals surface area contributed by atoms with Crippen LogP contribution in [-0.4, -0.2) is 41.1 Å². The molecule has 0 aliphatic carbocycles. The number of rotatable bonds is 8. The third kappa shape index (κ3) is 4.79. The van der Waals surface area contributed by atoms with Gasteiger partial charge in [0.2, 0.25) is 5.91 Å². The molecule has 0 fully saturated rings. The summed E-state index contributed by atoms with van der Waals surface area (Å²) in [5.74, 6) is -2.51. The summed E-state index contributed by atoms with van der Waals surface area (Å²) in [6.07, 6.45) is 1.39. The van der Waals surface area contributed by atoms with Gasteiger partial charge in [0.15, 0.2) is 23.1 Å². The van der Waals surface area contributed by atoms with E-state index in [0.29, 0.717) is 11.1 Å². The number of carbonyl (C=O) groups is 1. The van der Waals surface area contributed by atoms with Gasteiger partial charge in [-0.2, -0.15) is 8.78 Å². The quantitative estimate of drug-likeness (QED) is 0.461. The number of alkyl halides is 2. The fourth-order valence-corrected chi connectivity index (χ4v) is 3.55. The van der Waals surface area contributed by atoms with Crippen LogP contribution in [0.1, 0.15) is 25.5 Å². The van der Waals surface area contributed by atoms with Crippen molar-refractivity contribution in [1.82, 2.24) is 14.5 Å². The topological polar surface area (TPSA) is 56.6 Å². The van der Waals surface area contributed by atoms with Crippen LogP contribution in [0.2, 0.25) is 0 Å². The van der Waals surface area contributed by atoms with Gasteiger partial charge in [-0.25, -0.2) is 13.8 Å². The molecule has 0 bridgehead atoms. The van der Waals surface area contributed by atoms with E-state index in [-0.39, 0.29) is 35.4 Å². The Hall–Kier alpha value is -3.30. The van der Waals surface area contributed by atoms with Crippen molar-refractivity contribution in [1.29, 1.82) is 0 Å². The minimum absolute atomic E-state index is 0.112. The second-order valence-electron chi connectivity index (χ2n) is 7.65. The van der Waals surface area contributed by atoms with Gasteiger partial charge in [0.25, 0.3) is 0 Å². The molecule has 1 atom stereocenters. The summed E-state index contributed by atoms with van der Waals surface area (Å²) in [6, 6.07) is 5.70. The van der Waals surface area contributed by atoms with Gasteiger partial charge in [-0.05, 0) is 23.6 Å². The first-order chi connectivity index (χ1) is 15.1. The number of ether oxygens (including phenoxy) is 2. The van der Waals surface area contributed by atoms with Crippen LogP contribution in [0.5, 0.6) is 11.5 Å². The molecular formula is C22H23F4N3O3. The summed E-state index contributed by atoms with van der Waals surface area (Å²) < 4.78 is 63.5. The predicted octanol–water partition coefficient (Wildman–Crippen LogP) is 4.78. The number of nitrogens with zero attached hydrogens (tertiary/aromatic N) is 3. The standard InChI is InChI=1S/C22H23F4N3O3/c1-12(2)20(29-11-27-16-8-14(23)15(24)9-17(16)29)21(30)28(3)10-13-5-6-18(32-22(25)26)19(7-13)31-4/h5-9,11-12,20,22H,10H2,1-4H3. The fourth-order valence-electron chi connectivity index (χ4n) is 3.55. The van der Waals surface area contributed by atoms with Crippen molar-refractivity contribution in [2.75, 3.05) is 14.2 Å². The highest BCUT2D eigenvalue weighted by molar-refractivity contribution is 5.84. The molecule has 6 nitrogen and oxygen atoms in total. The van der Waals surface area contributed by atoms with Crippen molar-refractivity contribution in [3.63, 3.8) is 0 Å². The molecule has 2 aromatic carbocycles. The average Bonchev–Trinajstić information content (AvgIpc) is 3.11. The fraction of sp³-hybridized carbons (Fsp3) is 0.364. The van der Waals surface area contributed by atoms with Gasteiger partial charge in [-0.15, -0.1) is 0 Å². The Kier molecular flexibility index (Phi) is 6.90. The van der Waals surface area contributed by atoms with Gasteiger partial charge in [0, 0.05) is 25.7 Å². The molecule has 172 valence electrons. The number of carbonyl (C=O) groups excluding carboxylic acids is 1. The number of imidazole rings is 1. The van der Waals surface area contributed by atoms with Crippen LogP contribution in [0.15, 0.2) is 36.7 Å². The third-order valence-corrected chi connectivity index (χ3v) is 5.04. The Labute approximate surface area is 182 Å². The van der Waals surface area contributed by atoms with Crippen molar-refractivity contribution >= 4 is 16.9 Å². The maximum Gasteiger partial charge on any atom is 0.387 e. The smallest absolute Gasteiger partial charge is 0.387 e. The summed E-state index contributed by atoms with van der Waals surface area (Å²) in [6.45, 7) is 0.834. The van der Waals surface area contributed by atoms with E-state index in [4.69, 9.17) is 4.74 Å². The molecule has 0 saturated carbocycles. The van der Waals surface area contributed by atoms with Gasteiger partial charge < -0.3 is 18.9 Å². The first kappa shape index (κ1) is 23.4. The van der Waals surface area contributed by atoms with Gasteiger partial charge >= 0.3 is 6.61 Å². The molecule has 0 aliphatic heterocycles. The van der Waals surface area contributed by atoms with Gasteiger partial charge in [0.1, 0.15) is 6.04 Å². The van der Waals surface area contributed by atoms with Crippen LogP contribution in [-0.2, 0) is 11.3 Å². The third-order valence-electron chi connectivity index (χ3n) is 5.04. The number of amides is 1. The Morgan fingerprint density at radius 2 is 1.81 bits per heavy atom. The van der Waals surface area contributed by atoms with Crippen LogP contribution in [0.3, 0.4) is 0 Å². The number of fused-ring (bicyclic) bond motifs is 1. The molecule has 1 aromatic heterocycles. The highest BCUT2D eigenvalue weighted by atomic mass is 19.3. The van der Waals surface area contributed by atoms with Gasteiger partial charge in [-0.3, -0.25) is 4.79 Å². The Morgan fingerprint density at radius 3 is 2.44 bits per heavy atom. The van der Waals surface area contributed by atoms with E-state index in [9.17, 15) is 22.4 Å². The number of likely N-dealkylation sites (N-methyl/N-ethyl adjacent to an activating group) is 1. The highest BCUT2D eigenvalue weighted by Gasteiger charge is 2.29. The Morgan fingerprint density at radius 1 is 1.12 bits per heavy atom. The molecular weight excluding hydrogens is 430 g/mol. The van der Waals surface area contributed by atoms with Crippen molar-refractivity contribution in [3.8, 4) is 11.5 Å². The van der Waals surface area contributed by atoms with E-state index >= 15 is 0 Å². The largest absolute Gasteiger partial charge is 0.493 e.